The van der Waals surface area contributed by atoms with E-state index in [-0.39, 0.29) is 23.8 Å². The summed E-state index contributed by atoms with van der Waals surface area (Å²) in [6, 6.07) is 46.3. The van der Waals surface area contributed by atoms with Crippen molar-refractivity contribution >= 4 is 11.9 Å². The number of aromatic carboxylic acids is 1. The highest BCUT2D eigenvalue weighted by molar-refractivity contribution is 6.00. The van der Waals surface area contributed by atoms with Crippen LogP contribution in [-0.4, -0.2) is 46.8 Å². The molecule has 0 aliphatic heterocycles. The zero-order valence-corrected chi connectivity index (χ0v) is 32.2. The molecule has 3 heterocycles. The smallest absolute Gasteiger partial charge is 0.476 e. The zero-order chi connectivity index (χ0) is 40.9. The summed E-state index contributed by atoms with van der Waals surface area (Å²) in [4.78, 5) is 41.8. The van der Waals surface area contributed by atoms with Gasteiger partial charge in [-0.25, -0.2) is 24.0 Å². The van der Waals surface area contributed by atoms with Crippen LogP contribution in [0.4, 0.5) is 0 Å². The standard InChI is InChI=1S/C46H38N6O7/c1-3-15-39-47-40(43(53)54)41(44(55)57-29-38-30(2)58-45(56)59-38)51(39)28-31-24-26-32(27-25-31)36-22-13-14-23-37(36)42-48-49-50-52(42)46(33-16-7-4-8-17-33,34-18-9-5-10-19-34)35-20-11-6-12-21-35/h4-14,16-27H,3,15,28-29H2,1-2H3,(H,53,54). The van der Waals surface area contributed by atoms with Crippen LogP contribution < -0.4 is 5.82 Å². The molecule has 0 bridgehead atoms. The fraction of sp³-hybridized carbons (Fsp3) is 0.152. The summed E-state index contributed by atoms with van der Waals surface area (Å²) in [6.07, 6.45) is 1.07. The van der Waals surface area contributed by atoms with E-state index < -0.39 is 35.6 Å². The number of benzene rings is 5. The second-order valence-electron chi connectivity index (χ2n) is 13.8. The summed E-state index contributed by atoms with van der Waals surface area (Å²) in [5, 5.41) is 23.8. The molecule has 0 saturated heterocycles. The maximum absolute atomic E-state index is 13.5. The van der Waals surface area contributed by atoms with Gasteiger partial charge in [0.05, 0.1) is 0 Å². The number of hydrogen-bond acceptors (Lipinski definition) is 10. The van der Waals surface area contributed by atoms with Crippen molar-refractivity contribution in [2.75, 3.05) is 0 Å². The lowest BCUT2D eigenvalue weighted by Crippen LogP contribution is -2.39. The van der Waals surface area contributed by atoms with Crippen molar-refractivity contribution < 1.29 is 28.3 Å². The Morgan fingerprint density at radius 3 is 1.88 bits per heavy atom. The number of imidazole rings is 1. The van der Waals surface area contributed by atoms with Gasteiger partial charge in [0.2, 0.25) is 0 Å². The van der Waals surface area contributed by atoms with Crippen molar-refractivity contribution in [1.82, 2.24) is 29.8 Å². The number of hydrogen-bond donors (Lipinski definition) is 1. The van der Waals surface area contributed by atoms with Crippen LogP contribution in [0.3, 0.4) is 0 Å². The monoisotopic (exact) mass is 786 g/mol. The van der Waals surface area contributed by atoms with E-state index in [1.807, 2.05) is 115 Å². The summed E-state index contributed by atoms with van der Waals surface area (Å²) < 4.78 is 18.7. The van der Waals surface area contributed by atoms with Gasteiger partial charge in [-0.05, 0) is 57.2 Å². The Bertz CT molecular complexity index is 2690. The van der Waals surface area contributed by atoms with Gasteiger partial charge in [0.25, 0.3) is 0 Å². The Morgan fingerprint density at radius 1 is 0.763 bits per heavy atom. The Balaban J connectivity index is 1.18. The normalized spacial score (nSPS) is 11.4. The summed E-state index contributed by atoms with van der Waals surface area (Å²) in [5.41, 5.74) is 4.69. The van der Waals surface area contributed by atoms with Crippen molar-refractivity contribution in [2.24, 2.45) is 0 Å². The van der Waals surface area contributed by atoms with E-state index in [9.17, 15) is 19.5 Å². The maximum Gasteiger partial charge on any atom is 0.519 e. The van der Waals surface area contributed by atoms with E-state index in [1.54, 1.807) is 4.57 Å². The molecule has 0 fully saturated rings. The van der Waals surface area contributed by atoms with E-state index in [2.05, 4.69) is 51.7 Å². The SMILES string of the molecule is CCCc1nc(C(=O)O)c(C(=O)OCc2oc(=O)oc2C)n1Cc1ccc(-c2ccccc2-c2nnnn2C(c2ccccc2)(c2ccccc2)c2ccccc2)cc1. The maximum atomic E-state index is 13.5. The van der Waals surface area contributed by atoms with E-state index in [0.717, 1.165) is 38.9 Å². The number of rotatable bonds is 14. The molecule has 3 aromatic heterocycles. The molecule has 13 nitrogen and oxygen atoms in total. The molecule has 0 spiro atoms. The molecule has 5 aromatic carbocycles. The van der Waals surface area contributed by atoms with Crippen molar-refractivity contribution in [2.45, 2.75) is 45.4 Å². The Morgan fingerprint density at radius 2 is 1.34 bits per heavy atom. The molecule has 8 rings (SSSR count). The van der Waals surface area contributed by atoms with Gasteiger partial charge in [0, 0.05) is 18.5 Å². The van der Waals surface area contributed by atoms with Crippen molar-refractivity contribution in [3.8, 4) is 22.5 Å². The number of carboxylic acids is 1. The van der Waals surface area contributed by atoms with Gasteiger partial charge < -0.3 is 23.2 Å². The second kappa shape index (κ2) is 16.4. The molecule has 294 valence electrons. The Labute approximate surface area is 338 Å². The lowest BCUT2D eigenvalue weighted by atomic mass is 9.77. The van der Waals surface area contributed by atoms with Crippen LogP contribution in [0, 0.1) is 6.92 Å². The number of aryl methyl sites for hydroxylation is 2. The number of tetrazole rings is 1. The highest BCUT2D eigenvalue weighted by atomic mass is 16.6. The summed E-state index contributed by atoms with van der Waals surface area (Å²) in [7, 11) is 0. The molecular weight excluding hydrogens is 749 g/mol. The van der Waals surface area contributed by atoms with Gasteiger partial charge in [-0.3, -0.25) is 0 Å². The first kappa shape index (κ1) is 38.2. The first-order chi connectivity index (χ1) is 28.8. The third-order valence-electron chi connectivity index (χ3n) is 10.2. The lowest BCUT2D eigenvalue weighted by molar-refractivity contribution is 0.0422. The molecule has 59 heavy (non-hydrogen) atoms. The first-order valence-electron chi connectivity index (χ1n) is 19.0. The minimum atomic E-state index is -1.37. The molecule has 0 amide bonds. The van der Waals surface area contributed by atoms with E-state index in [0.29, 0.717) is 24.5 Å². The third kappa shape index (κ3) is 7.25. The summed E-state index contributed by atoms with van der Waals surface area (Å²) in [6.45, 7) is 3.14. The van der Waals surface area contributed by atoms with E-state index in [1.165, 1.54) is 6.92 Å². The largest absolute Gasteiger partial charge is 0.519 e. The first-order valence-corrected chi connectivity index (χ1v) is 19.0. The fourth-order valence-corrected chi connectivity index (χ4v) is 7.53. The predicted molar refractivity (Wildman–Crippen MR) is 217 cm³/mol. The molecule has 8 aromatic rings. The van der Waals surface area contributed by atoms with Crippen LogP contribution in [0.5, 0.6) is 0 Å². The number of aromatic nitrogens is 6. The van der Waals surface area contributed by atoms with Gasteiger partial charge >= 0.3 is 17.8 Å². The predicted octanol–water partition coefficient (Wildman–Crippen LogP) is 7.95. The zero-order valence-electron chi connectivity index (χ0n) is 32.2. The van der Waals surface area contributed by atoms with Gasteiger partial charge in [-0.1, -0.05) is 146 Å². The third-order valence-corrected chi connectivity index (χ3v) is 10.2. The Hall–Kier alpha value is -7.67. The molecule has 0 atom stereocenters. The van der Waals surface area contributed by atoms with Crippen molar-refractivity contribution in [3.05, 3.63) is 201 Å². The summed E-state index contributed by atoms with van der Waals surface area (Å²) in [5.74, 6) is -2.08. The van der Waals surface area contributed by atoms with Gasteiger partial charge in [0.15, 0.2) is 35.3 Å². The molecule has 1 N–H and O–H groups in total. The topological polar surface area (TPSA) is 168 Å². The van der Waals surface area contributed by atoms with Crippen LogP contribution in [0.25, 0.3) is 22.5 Å². The number of carbonyl (C=O) groups is 2. The van der Waals surface area contributed by atoms with Crippen LogP contribution in [0.2, 0.25) is 0 Å². The quantitative estimate of drug-likeness (QED) is 0.0839. The van der Waals surface area contributed by atoms with Crippen LogP contribution in [-0.2, 0) is 29.8 Å². The lowest BCUT2D eigenvalue weighted by Gasteiger charge is -2.36. The number of nitrogens with zero attached hydrogens (tertiary/aromatic N) is 6. The van der Waals surface area contributed by atoms with Crippen LogP contribution in [0.1, 0.15) is 73.9 Å². The number of ether oxygens (including phenoxy) is 1. The van der Waals surface area contributed by atoms with Gasteiger partial charge in [-0.2, -0.15) is 0 Å². The molecule has 0 aliphatic rings. The molecule has 13 heteroatoms. The van der Waals surface area contributed by atoms with Crippen LogP contribution >= 0.6 is 0 Å². The average Bonchev–Trinajstić information content (AvgIpc) is 3.99. The molecule has 0 unspecified atom stereocenters. The van der Waals surface area contributed by atoms with E-state index >= 15 is 0 Å². The molecular formula is C46H38N6O7. The second-order valence-corrected chi connectivity index (χ2v) is 13.8. The summed E-state index contributed by atoms with van der Waals surface area (Å²) >= 11 is 0. The van der Waals surface area contributed by atoms with Crippen molar-refractivity contribution in [3.63, 3.8) is 0 Å². The minimum Gasteiger partial charge on any atom is -0.476 e. The molecule has 0 radical (unpaired) electrons. The average molecular weight is 787 g/mol. The highest BCUT2D eigenvalue weighted by Gasteiger charge is 2.42. The Kier molecular flexibility index (Phi) is 10.6. The number of esters is 1. The highest BCUT2D eigenvalue weighted by Crippen LogP contribution is 2.43. The van der Waals surface area contributed by atoms with Gasteiger partial charge in [-0.15, -0.1) is 5.10 Å². The number of carboxylic acid groups (broad SMARTS) is 1. The van der Waals surface area contributed by atoms with Crippen LogP contribution in [0.15, 0.2) is 153 Å². The van der Waals surface area contributed by atoms with Crippen molar-refractivity contribution in [1.29, 1.82) is 0 Å². The molecule has 0 saturated carbocycles. The number of carbonyl (C=O) groups excluding carboxylic acids is 1. The van der Waals surface area contributed by atoms with Gasteiger partial charge in [0.1, 0.15) is 11.4 Å². The fourth-order valence-electron chi connectivity index (χ4n) is 7.53. The molecule has 0 aliphatic carbocycles. The van der Waals surface area contributed by atoms with E-state index in [4.69, 9.17) is 18.8 Å². The minimum absolute atomic E-state index is 0.0239.